The number of hydrogen-bond donors (Lipinski definition) is 2. The molecule has 5 heteroatoms. The van der Waals surface area contributed by atoms with Gasteiger partial charge in [-0.3, -0.25) is 9.59 Å². The molecule has 0 spiro atoms. The van der Waals surface area contributed by atoms with Crippen molar-refractivity contribution in [1.29, 1.82) is 0 Å². The molecule has 0 aromatic carbocycles. The maximum absolute atomic E-state index is 11.9. The summed E-state index contributed by atoms with van der Waals surface area (Å²) in [6.07, 6.45) is 0. The van der Waals surface area contributed by atoms with Crippen molar-refractivity contribution in [3.63, 3.8) is 0 Å². The summed E-state index contributed by atoms with van der Waals surface area (Å²) in [5.41, 5.74) is -0.449. The second-order valence-corrected chi connectivity index (χ2v) is 5.57. The molecule has 0 aliphatic carbocycles. The van der Waals surface area contributed by atoms with E-state index < -0.39 is 5.41 Å². The van der Waals surface area contributed by atoms with Crippen LogP contribution in [0.4, 0.5) is 0 Å². The summed E-state index contributed by atoms with van der Waals surface area (Å²) >= 11 is 0. The molecular weight excluding hydrogens is 218 g/mol. The fraction of sp³-hybridized carbons (Fsp3) is 0.833. The summed E-state index contributed by atoms with van der Waals surface area (Å²) in [5, 5.41) is 5.92. The first-order chi connectivity index (χ1) is 7.82. The fourth-order valence-corrected chi connectivity index (χ4v) is 1.73. The Morgan fingerprint density at radius 1 is 1.41 bits per heavy atom. The van der Waals surface area contributed by atoms with Gasteiger partial charge < -0.3 is 15.5 Å². The number of rotatable bonds is 2. The molecule has 1 heterocycles. The summed E-state index contributed by atoms with van der Waals surface area (Å²) in [6.45, 7) is 9.96. The quantitative estimate of drug-likeness (QED) is 0.713. The van der Waals surface area contributed by atoms with Crippen LogP contribution in [-0.4, -0.2) is 48.9 Å². The van der Waals surface area contributed by atoms with E-state index in [1.165, 1.54) is 0 Å². The first kappa shape index (κ1) is 14.0. The molecule has 1 saturated heterocycles. The van der Waals surface area contributed by atoms with Gasteiger partial charge in [-0.25, -0.2) is 0 Å². The Morgan fingerprint density at radius 2 is 2.06 bits per heavy atom. The van der Waals surface area contributed by atoms with Crippen LogP contribution in [0.2, 0.25) is 0 Å². The predicted molar refractivity (Wildman–Crippen MR) is 66.5 cm³/mol. The van der Waals surface area contributed by atoms with Crippen molar-refractivity contribution in [3.05, 3.63) is 0 Å². The van der Waals surface area contributed by atoms with E-state index in [4.69, 9.17) is 0 Å². The average molecular weight is 241 g/mol. The van der Waals surface area contributed by atoms with E-state index in [0.29, 0.717) is 6.54 Å². The van der Waals surface area contributed by atoms with Crippen LogP contribution in [-0.2, 0) is 9.59 Å². The van der Waals surface area contributed by atoms with Crippen molar-refractivity contribution in [2.45, 2.75) is 33.7 Å². The van der Waals surface area contributed by atoms with Crippen molar-refractivity contribution in [2.24, 2.45) is 5.41 Å². The molecule has 1 rings (SSSR count). The zero-order chi connectivity index (χ0) is 13.1. The van der Waals surface area contributed by atoms with E-state index in [1.807, 2.05) is 32.6 Å². The monoisotopic (exact) mass is 241 g/mol. The summed E-state index contributed by atoms with van der Waals surface area (Å²) < 4.78 is 0. The Hall–Kier alpha value is -1.10. The van der Waals surface area contributed by atoms with Crippen LogP contribution in [0, 0.1) is 5.41 Å². The zero-order valence-corrected chi connectivity index (χ0v) is 11.2. The number of amides is 2. The molecule has 1 aliphatic heterocycles. The van der Waals surface area contributed by atoms with Gasteiger partial charge in [0.1, 0.15) is 0 Å². The molecule has 98 valence electrons. The number of hydrogen-bond acceptors (Lipinski definition) is 3. The van der Waals surface area contributed by atoms with Crippen molar-refractivity contribution in [2.75, 3.05) is 26.2 Å². The van der Waals surface area contributed by atoms with Crippen LogP contribution in [0.5, 0.6) is 0 Å². The maximum atomic E-state index is 11.9. The van der Waals surface area contributed by atoms with Gasteiger partial charge in [-0.05, 0) is 6.92 Å². The van der Waals surface area contributed by atoms with Crippen molar-refractivity contribution < 1.29 is 9.59 Å². The highest BCUT2D eigenvalue weighted by molar-refractivity contribution is 5.87. The molecule has 0 aromatic heterocycles. The van der Waals surface area contributed by atoms with Crippen LogP contribution in [0.1, 0.15) is 27.7 Å². The lowest BCUT2D eigenvalue weighted by atomic mass is 9.96. The predicted octanol–water partition coefficient (Wildman–Crippen LogP) is -0.0310. The first-order valence-corrected chi connectivity index (χ1v) is 6.11. The molecule has 2 amide bonds. The molecule has 0 bridgehead atoms. The van der Waals surface area contributed by atoms with Crippen LogP contribution >= 0.6 is 0 Å². The van der Waals surface area contributed by atoms with Crippen molar-refractivity contribution in [3.8, 4) is 0 Å². The fourth-order valence-electron chi connectivity index (χ4n) is 1.73. The molecular formula is C12H23N3O2. The Kier molecular flexibility index (Phi) is 4.51. The van der Waals surface area contributed by atoms with Crippen LogP contribution in [0.15, 0.2) is 0 Å². The molecule has 1 aliphatic rings. The molecule has 0 saturated carbocycles. The summed E-state index contributed by atoms with van der Waals surface area (Å²) in [5.74, 6) is -0.0924. The molecule has 5 nitrogen and oxygen atoms in total. The number of nitrogens with one attached hydrogen (secondary N) is 2. The molecule has 1 fully saturated rings. The largest absolute Gasteiger partial charge is 0.347 e. The zero-order valence-electron chi connectivity index (χ0n) is 11.2. The average Bonchev–Trinajstić information content (AvgIpc) is 2.24. The minimum Gasteiger partial charge on any atom is -0.347 e. The van der Waals surface area contributed by atoms with Gasteiger partial charge in [0.25, 0.3) is 0 Å². The first-order valence-electron chi connectivity index (χ1n) is 6.11. The van der Waals surface area contributed by atoms with Crippen molar-refractivity contribution in [1.82, 2.24) is 15.5 Å². The van der Waals surface area contributed by atoms with Crippen LogP contribution < -0.4 is 10.6 Å². The van der Waals surface area contributed by atoms with Gasteiger partial charge in [-0.2, -0.15) is 0 Å². The van der Waals surface area contributed by atoms with E-state index in [1.54, 1.807) is 0 Å². The smallest absolute Gasteiger partial charge is 0.242 e. The third-order valence-electron chi connectivity index (χ3n) is 2.90. The van der Waals surface area contributed by atoms with E-state index in [9.17, 15) is 9.59 Å². The summed E-state index contributed by atoms with van der Waals surface area (Å²) in [6, 6.07) is 0.197. The van der Waals surface area contributed by atoms with E-state index in [0.717, 1.165) is 13.1 Å². The van der Waals surface area contributed by atoms with Crippen molar-refractivity contribution >= 4 is 11.8 Å². The Labute approximate surface area is 103 Å². The molecule has 0 aromatic rings. The third kappa shape index (κ3) is 4.00. The standard InChI is InChI=1S/C12H23N3O2/c1-9-7-13-5-6-15(9)10(16)8-14-11(17)12(2,3)4/h9,13H,5-8H2,1-4H3,(H,14,17)/t9-/m0/s1. The lowest BCUT2D eigenvalue weighted by Gasteiger charge is -2.34. The Morgan fingerprint density at radius 3 is 2.59 bits per heavy atom. The summed E-state index contributed by atoms with van der Waals surface area (Å²) in [4.78, 5) is 25.4. The van der Waals surface area contributed by atoms with Crippen LogP contribution in [0.25, 0.3) is 0 Å². The Bertz CT molecular complexity index is 297. The number of carbonyl (C=O) groups excluding carboxylic acids is 2. The normalized spacial score (nSPS) is 21.2. The third-order valence-corrected chi connectivity index (χ3v) is 2.90. The van der Waals surface area contributed by atoms with Gasteiger partial charge in [-0.1, -0.05) is 20.8 Å². The Balaban J connectivity index is 2.41. The minimum absolute atomic E-state index is 0.00315. The highest BCUT2D eigenvalue weighted by Crippen LogP contribution is 2.12. The minimum atomic E-state index is -0.449. The van der Waals surface area contributed by atoms with Gasteiger partial charge in [0.15, 0.2) is 0 Å². The van der Waals surface area contributed by atoms with Gasteiger partial charge in [-0.15, -0.1) is 0 Å². The highest BCUT2D eigenvalue weighted by Gasteiger charge is 2.25. The lowest BCUT2D eigenvalue weighted by molar-refractivity contribution is -0.137. The topological polar surface area (TPSA) is 61.4 Å². The van der Waals surface area contributed by atoms with Gasteiger partial charge in [0, 0.05) is 31.1 Å². The number of nitrogens with zero attached hydrogens (tertiary/aromatic N) is 1. The van der Waals surface area contributed by atoms with E-state index in [-0.39, 0.29) is 24.4 Å². The number of piperazine rings is 1. The van der Waals surface area contributed by atoms with E-state index >= 15 is 0 Å². The second-order valence-electron chi connectivity index (χ2n) is 5.57. The molecule has 0 radical (unpaired) electrons. The second kappa shape index (κ2) is 5.49. The van der Waals surface area contributed by atoms with Gasteiger partial charge in [0.05, 0.1) is 6.54 Å². The van der Waals surface area contributed by atoms with Crippen LogP contribution in [0.3, 0.4) is 0 Å². The maximum Gasteiger partial charge on any atom is 0.242 e. The van der Waals surface area contributed by atoms with E-state index in [2.05, 4.69) is 10.6 Å². The lowest BCUT2D eigenvalue weighted by Crippen LogP contribution is -2.55. The molecule has 2 N–H and O–H groups in total. The molecule has 1 atom stereocenters. The SMILES string of the molecule is C[C@H]1CNCCN1C(=O)CNC(=O)C(C)(C)C. The molecule has 0 unspecified atom stereocenters. The molecule has 17 heavy (non-hydrogen) atoms. The summed E-state index contributed by atoms with van der Waals surface area (Å²) in [7, 11) is 0. The van der Waals surface area contributed by atoms with Gasteiger partial charge in [0.2, 0.25) is 11.8 Å². The highest BCUT2D eigenvalue weighted by atomic mass is 16.2. The number of carbonyl (C=O) groups is 2. The van der Waals surface area contributed by atoms with Gasteiger partial charge >= 0.3 is 0 Å².